The third-order valence-corrected chi connectivity index (χ3v) is 2.75. The van der Waals surface area contributed by atoms with Crippen molar-refractivity contribution in [2.45, 2.75) is 39.3 Å². The highest BCUT2D eigenvalue weighted by Gasteiger charge is 2.36. The minimum Gasteiger partial charge on any atom is -0.407 e. The van der Waals surface area contributed by atoms with E-state index in [1.54, 1.807) is 0 Å². The molecule has 2 rings (SSSR count). The van der Waals surface area contributed by atoms with Crippen LogP contribution in [0.2, 0.25) is 0 Å². The first-order valence-electron chi connectivity index (χ1n) is 5.63. The number of nitrogens with one attached hydrogen (secondary N) is 2. The highest BCUT2D eigenvalue weighted by molar-refractivity contribution is 5.24. The summed E-state index contributed by atoms with van der Waals surface area (Å²) in [6, 6.07) is 1.10. The number of anilines is 1. The van der Waals surface area contributed by atoms with Crippen molar-refractivity contribution in [1.29, 1.82) is 0 Å². The van der Waals surface area contributed by atoms with Gasteiger partial charge in [0.2, 0.25) is 5.89 Å². The molecule has 15 heavy (non-hydrogen) atoms. The molecule has 1 saturated carbocycles. The molecule has 1 aliphatic carbocycles. The molecule has 5 nitrogen and oxygen atoms in total. The molecular weight excluding hydrogens is 192 g/mol. The van der Waals surface area contributed by atoms with Gasteiger partial charge in [0.15, 0.2) is 0 Å². The van der Waals surface area contributed by atoms with Crippen LogP contribution < -0.4 is 10.6 Å². The molecule has 0 spiro atoms. The van der Waals surface area contributed by atoms with Crippen LogP contribution >= 0.6 is 0 Å². The summed E-state index contributed by atoms with van der Waals surface area (Å²) < 4.78 is 5.43. The summed E-state index contributed by atoms with van der Waals surface area (Å²) >= 11 is 0. The molecule has 0 amide bonds. The predicted molar refractivity (Wildman–Crippen MR) is 57.5 cm³/mol. The van der Waals surface area contributed by atoms with Crippen LogP contribution in [0.25, 0.3) is 0 Å². The summed E-state index contributed by atoms with van der Waals surface area (Å²) in [5, 5.41) is 14.3. The molecule has 0 aromatic carbocycles. The first-order chi connectivity index (χ1) is 7.33. The Morgan fingerprint density at radius 2 is 2.27 bits per heavy atom. The van der Waals surface area contributed by atoms with Gasteiger partial charge >= 0.3 is 6.01 Å². The van der Waals surface area contributed by atoms with E-state index in [4.69, 9.17) is 4.42 Å². The number of rotatable bonds is 6. The van der Waals surface area contributed by atoms with Gasteiger partial charge in [-0.05, 0) is 18.9 Å². The smallest absolute Gasteiger partial charge is 0.315 e. The Hall–Kier alpha value is -1.10. The quantitative estimate of drug-likeness (QED) is 0.743. The Morgan fingerprint density at radius 3 is 2.93 bits per heavy atom. The Labute approximate surface area is 89.6 Å². The second kappa shape index (κ2) is 4.61. The van der Waals surface area contributed by atoms with Crippen LogP contribution in [0.4, 0.5) is 6.01 Å². The van der Waals surface area contributed by atoms with Crippen molar-refractivity contribution in [2.75, 3.05) is 11.9 Å². The Balaban J connectivity index is 1.80. The van der Waals surface area contributed by atoms with E-state index in [-0.39, 0.29) is 0 Å². The van der Waals surface area contributed by atoms with Crippen molar-refractivity contribution in [3.8, 4) is 0 Å². The predicted octanol–water partition coefficient (Wildman–Crippen LogP) is 1.39. The lowest BCUT2D eigenvalue weighted by Gasteiger charge is -1.97. The van der Waals surface area contributed by atoms with E-state index in [1.807, 2.05) is 6.92 Å². The molecule has 1 heterocycles. The normalized spacial score (nSPS) is 24.1. The fraction of sp³-hybridized carbons (Fsp3) is 0.800. The summed E-state index contributed by atoms with van der Waals surface area (Å²) in [6.45, 7) is 5.81. The van der Waals surface area contributed by atoms with Gasteiger partial charge in [-0.25, -0.2) is 0 Å². The van der Waals surface area contributed by atoms with Gasteiger partial charge < -0.3 is 15.1 Å². The molecular formula is C10H18N4O. The number of aromatic nitrogens is 2. The molecule has 2 atom stereocenters. The highest BCUT2D eigenvalue weighted by Crippen LogP contribution is 2.35. The summed E-state index contributed by atoms with van der Waals surface area (Å²) in [4.78, 5) is 0. The van der Waals surface area contributed by atoms with E-state index in [2.05, 4.69) is 27.8 Å². The third-order valence-electron chi connectivity index (χ3n) is 2.75. The third kappa shape index (κ3) is 2.68. The van der Waals surface area contributed by atoms with Crippen LogP contribution in [0.15, 0.2) is 4.42 Å². The highest BCUT2D eigenvalue weighted by atomic mass is 16.4. The zero-order chi connectivity index (χ0) is 10.7. The molecule has 1 aliphatic rings. The SMILES string of the molecule is CCNCc1nnc(NC2CC2CC)o1. The van der Waals surface area contributed by atoms with Crippen LogP contribution in [0.1, 0.15) is 32.6 Å². The maximum atomic E-state index is 5.43. The topological polar surface area (TPSA) is 63.0 Å². The van der Waals surface area contributed by atoms with Crippen LogP contribution in [0.3, 0.4) is 0 Å². The zero-order valence-electron chi connectivity index (χ0n) is 9.29. The van der Waals surface area contributed by atoms with Gasteiger partial charge in [-0.15, -0.1) is 5.10 Å². The van der Waals surface area contributed by atoms with Crippen molar-refractivity contribution in [2.24, 2.45) is 5.92 Å². The number of hydrogen-bond acceptors (Lipinski definition) is 5. The minimum atomic E-state index is 0.544. The van der Waals surface area contributed by atoms with Crippen LogP contribution in [-0.2, 0) is 6.54 Å². The molecule has 2 N–H and O–H groups in total. The lowest BCUT2D eigenvalue weighted by molar-refractivity contribution is 0.480. The molecule has 5 heteroatoms. The minimum absolute atomic E-state index is 0.544. The van der Waals surface area contributed by atoms with Gasteiger partial charge in [0.1, 0.15) is 0 Å². The van der Waals surface area contributed by atoms with Crippen molar-refractivity contribution in [3.05, 3.63) is 5.89 Å². The Bertz CT molecular complexity index is 312. The number of hydrogen-bond donors (Lipinski definition) is 2. The van der Waals surface area contributed by atoms with Crippen LogP contribution in [0, 0.1) is 5.92 Å². The average Bonchev–Trinajstić information content (AvgIpc) is 2.84. The van der Waals surface area contributed by atoms with E-state index in [0.717, 1.165) is 12.5 Å². The fourth-order valence-corrected chi connectivity index (χ4v) is 1.65. The first-order valence-corrected chi connectivity index (χ1v) is 5.63. The van der Waals surface area contributed by atoms with Crippen molar-refractivity contribution in [3.63, 3.8) is 0 Å². The van der Waals surface area contributed by atoms with Crippen LogP contribution in [0.5, 0.6) is 0 Å². The lowest BCUT2D eigenvalue weighted by atomic mass is 10.3. The van der Waals surface area contributed by atoms with Gasteiger partial charge in [0.05, 0.1) is 6.54 Å². The summed E-state index contributed by atoms with van der Waals surface area (Å²) in [5.41, 5.74) is 0. The lowest BCUT2D eigenvalue weighted by Crippen LogP contribution is -2.11. The largest absolute Gasteiger partial charge is 0.407 e. The van der Waals surface area contributed by atoms with E-state index in [0.29, 0.717) is 24.5 Å². The molecule has 1 aromatic rings. The molecule has 1 aromatic heterocycles. The molecule has 0 saturated heterocycles. The monoisotopic (exact) mass is 210 g/mol. The van der Waals surface area contributed by atoms with Gasteiger partial charge in [-0.2, -0.15) is 0 Å². The standard InChI is InChI=1S/C10H18N4O/c1-3-7-5-8(7)12-10-14-13-9(15-10)6-11-4-2/h7-8,11H,3-6H2,1-2H3,(H,12,14). The summed E-state index contributed by atoms with van der Waals surface area (Å²) in [6.07, 6.45) is 2.44. The molecule has 0 radical (unpaired) electrons. The molecule has 1 fully saturated rings. The summed E-state index contributed by atoms with van der Waals surface area (Å²) in [5.74, 6) is 1.43. The Morgan fingerprint density at radius 1 is 1.40 bits per heavy atom. The maximum absolute atomic E-state index is 5.43. The van der Waals surface area contributed by atoms with E-state index < -0.39 is 0 Å². The summed E-state index contributed by atoms with van der Waals surface area (Å²) in [7, 11) is 0. The molecule has 2 unspecified atom stereocenters. The molecule has 84 valence electrons. The zero-order valence-corrected chi connectivity index (χ0v) is 9.29. The van der Waals surface area contributed by atoms with E-state index >= 15 is 0 Å². The van der Waals surface area contributed by atoms with E-state index in [9.17, 15) is 0 Å². The molecule has 0 aliphatic heterocycles. The van der Waals surface area contributed by atoms with E-state index in [1.165, 1.54) is 12.8 Å². The van der Waals surface area contributed by atoms with Crippen molar-refractivity contribution in [1.82, 2.24) is 15.5 Å². The molecule has 0 bridgehead atoms. The van der Waals surface area contributed by atoms with Gasteiger partial charge in [-0.1, -0.05) is 25.4 Å². The Kier molecular flexibility index (Phi) is 3.20. The van der Waals surface area contributed by atoms with Gasteiger partial charge in [0.25, 0.3) is 0 Å². The van der Waals surface area contributed by atoms with Gasteiger partial charge in [-0.3, -0.25) is 0 Å². The van der Waals surface area contributed by atoms with Gasteiger partial charge in [0, 0.05) is 6.04 Å². The second-order valence-corrected chi connectivity index (χ2v) is 3.94. The van der Waals surface area contributed by atoms with Crippen LogP contribution in [-0.4, -0.2) is 22.8 Å². The first kappa shape index (κ1) is 10.4. The second-order valence-electron chi connectivity index (χ2n) is 3.94. The fourth-order valence-electron chi connectivity index (χ4n) is 1.65. The van der Waals surface area contributed by atoms with Crippen molar-refractivity contribution < 1.29 is 4.42 Å². The van der Waals surface area contributed by atoms with Crippen molar-refractivity contribution >= 4 is 6.01 Å². The average molecular weight is 210 g/mol. The number of nitrogens with zero attached hydrogens (tertiary/aromatic N) is 2. The maximum Gasteiger partial charge on any atom is 0.315 e.